The molecule has 3 rings (SSSR count). The molecule has 0 aliphatic carbocycles. The van der Waals surface area contributed by atoms with Crippen molar-refractivity contribution >= 4 is 58.2 Å². The molecule has 0 saturated heterocycles. The number of amides is 1. The van der Waals surface area contributed by atoms with Gasteiger partial charge in [-0.15, -0.1) is 10.2 Å². The van der Waals surface area contributed by atoms with E-state index in [1.165, 1.54) is 23.9 Å². The van der Waals surface area contributed by atoms with Gasteiger partial charge in [0.1, 0.15) is 6.61 Å². The van der Waals surface area contributed by atoms with Crippen LogP contribution in [0.5, 0.6) is 11.5 Å². The number of halogens is 3. The van der Waals surface area contributed by atoms with Crippen LogP contribution in [0.1, 0.15) is 5.82 Å². The van der Waals surface area contributed by atoms with Gasteiger partial charge in [-0.05, 0) is 24.3 Å². The molecule has 0 aliphatic rings. The van der Waals surface area contributed by atoms with Gasteiger partial charge in [0, 0.05) is 7.05 Å². The topological polar surface area (TPSA) is 78.3 Å². The third-order valence-electron chi connectivity index (χ3n) is 3.97. The van der Waals surface area contributed by atoms with Gasteiger partial charge in [0.2, 0.25) is 5.91 Å². The lowest BCUT2D eigenvalue weighted by Gasteiger charge is -2.10. The van der Waals surface area contributed by atoms with Crippen molar-refractivity contribution in [2.24, 2.45) is 7.05 Å². The Morgan fingerprint density at radius 1 is 1.10 bits per heavy atom. The number of thioether (sulfide) groups is 1. The molecule has 1 heterocycles. The Bertz CT molecular complexity index is 1060. The largest absolute Gasteiger partial charge is 0.493 e. The summed E-state index contributed by atoms with van der Waals surface area (Å²) in [5.74, 6) is 1.68. The second-order valence-electron chi connectivity index (χ2n) is 5.98. The summed E-state index contributed by atoms with van der Waals surface area (Å²) in [6.07, 6.45) is 0. The SMILES string of the molecule is COc1ccccc1OCc1nnc(SCC(=O)Nc2cc(Cl)c(Cl)cc2Cl)n1C. The van der Waals surface area contributed by atoms with E-state index >= 15 is 0 Å². The fraction of sp³-hybridized carbons (Fsp3) is 0.211. The van der Waals surface area contributed by atoms with Gasteiger partial charge in [0.15, 0.2) is 22.5 Å². The maximum Gasteiger partial charge on any atom is 0.234 e. The summed E-state index contributed by atoms with van der Waals surface area (Å²) in [6.45, 7) is 0.204. The number of benzene rings is 2. The second-order valence-corrected chi connectivity index (χ2v) is 8.14. The van der Waals surface area contributed by atoms with E-state index in [1.807, 2.05) is 24.3 Å². The third kappa shape index (κ3) is 5.51. The van der Waals surface area contributed by atoms with Crippen molar-refractivity contribution in [3.05, 3.63) is 57.3 Å². The molecular formula is C19H17Cl3N4O3S. The molecule has 2 aromatic carbocycles. The van der Waals surface area contributed by atoms with E-state index < -0.39 is 0 Å². The molecule has 158 valence electrons. The highest BCUT2D eigenvalue weighted by Crippen LogP contribution is 2.32. The average molecular weight is 488 g/mol. The smallest absolute Gasteiger partial charge is 0.234 e. The summed E-state index contributed by atoms with van der Waals surface area (Å²) in [6, 6.07) is 10.3. The number of carbonyl (C=O) groups is 1. The molecule has 3 aromatic rings. The van der Waals surface area contributed by atoms with Gasteiger partial charge < -0.3 is 19.4 Å². The van der Waals surface area contributed by atoms with Gasteiger partial charge >= 0.3 is 0 Å². The number of ether oxygens (including phenoxy) is 2. The molecule has 1 aromatic heterocycles. The number of hydrogen-bond donors (Lipinski definition) is 1. The van der Waals surface area contributed by atoms with Crippen molar-refractivity contribution in [1.29, 1.82) is 0 Å². The zero-order valence-electron chi connectivity index (χ0n) is 16.0. The standard InChI is InChI=1S/C19H17Cl3N4O3S/c1-26-17(9-29-16-6-4-3-5-15(16)28-2)24-25-19(26)30-10-18(27)23-14-8-12(21)11(20)7-13(14)22/h3-8H,9-10H2,1-2H3,(H,23,27). The van der Waals surface area contributed by atoms with Crippen LogP contribution >= 0.6 is 46.6 Å². The fourth-order valence-corrected chi connectivity index (χ4v) is 3.74. The van der Waals surface area contributed by atoms with E-state index in [0.29, 0.717) is 43.2 Å². The normalized spacial score (nSPS) is 10.7. The van der Waals surface area contributed by atoms with Crippen LogP contribution in [-0.4, -0.2) is 33.5 Å². The Kier molecular flexibility index (Phi) is 7.71. The minimum absolute atomic E-state index is 0.107. The molecule has 0 radical (unpaired) electrons. The minimum Gasteiger partial charge on any atom is -0.493 e. The zero-order chi connectivity index (χ0) is 21.7. The maximum atomic E-state index is 12.3. The Balaban J connectivity index is 1.57. The molecule has 0 saturated carbocycles. The maximum absolute atomic E-state index is 12.3. The molecule has 0 unspecified atom stereocenters. The molecule has 0 atom stereocenters. The highest BCUT2D eigenvalue weighted by Gasteiger charge is 2.14. The molecule has 0 aliphatic heterocycles. The number of nitrogens with one attached hydrogen (secondary N) is 1. The summed E-state index contributed by atoms with van der Waals surface area (Å²) in [7, 11) is 3.38. The summed E-state index contributed by atoms with van der Waals surface area (Å²) in [5.41, 5.74) is 0.389. The molecule has 0 bridgehead atoms. The van der Waals surface area contributed by atoms with Crippen LogP contribution in [0.25, 0.3) is 0 Å². The summed E-state index contributed by atoms with van der Waals surface area (Å²) in [4.78, 5) is 12.3. The second kappa shape index (κ2) is 10.3. The number of para-hydroxylation sites is 2. The molecule has 1 N–H and O–H groups in total. The van der Waals surface area contributed by atoms with E-state index in [9.17, 15) is 4.79 Å². The first-order valence-corrected chi connectivity index (χ1v) is 10.7. The first-order chi connectivity index (χ1) is 14.4. The van der Waals surface area contributed by atoms with E-state index in [1.54, 1.807) is 18.7 Å². The van der Waals surface area contributed by atoms with Crippen molar-refractivity contribution in [3.63, 3.8) is 0 Å². The highest BCUT2D eigenvalue weighted by molar-refractivity contribution is 7.99. The average Bonchev–Trinajstić information content (AvgIpc) is 3.08. The molecule has 30 heavy (non-hydrogen) atoms. The lowest BCUT2D eigenvalue weighted by atomic mass is 10.3. The highest BCUT2D eigenvalue weighted by atomic mass is 35.5. The Morgan fingerprint density at radius 3 is 2.53 bits per heavy atom. The summed E-state index contributed by atoms with van der Waals surface area (Å²) >= 11 is 19.2. The number of aromatic nitrogens is 3. The molecule has 11 heteroatoms. The van der Waals surface area contributed by atoms with Gasteiger partial charge in [-0.1, -0.05) is 58.7 Å². The van der Waals surface area contributed by atoms with Gasteiger partial charge in [-0.2, -0.15) is 0 Å². The van der Waals surface area contributed by atoms with Crippen LogP contribution in [0.15, 0.2) is 41.6 Å². The number of anilines is 1. The minimum atomic E-state index is -0.268. The van der Waals surface area contributed by atoms with Crippen molar-refractivity contribution in [3.8, 4) is 11.5 Å². The first kappa shape index (κ1) is 22.6. The number of nitrogens with zero attached hydrogens (tertiary/aromatic N) is 3. The first-order valence-electron chi connectivity index (χ1n) is 8.60. The van der Waals surface area contributed by atoms with Crippen molar-refractivity contribution < 1.29 is 14.3 Å². The fourth-order valence-electron chi connectivity index (χ4n) is 2.41. The summed E-state index contributed by atoms with van der Waals surface area (Å²) < 4.78 is 12.8. The van der Waals surface area contributed by atoms with Crippen LogP contribution in [0, 0.1) is 0 Å². The van der Waals surface area contributed by atoms with Crippen LogP contribution in [0.2, 0.25) is 15.1 Å². The monoisotopic (exact) mass is 486 g/mol. The predicted molar refractivity (Wildman–Crippen MR) is 119 cm³/mol. The lowest BCUT2D eigenvalue weighted by Crippen LogP contribution is -2.15. The van der Waals surface area contributed by atoms with Crippen LogP contribution in [-0.2, 0) is 18.4 Å². The quantitative estimate of drug-likeness (QED) is 0.352. The summed E-state index contributed by atoms with van der Waals surface area (Å²) in [5, 5.41) is 12.4. The zero-order valence-corrected chi connectivity index (χ0v) is 19.1. The Hall–Kier alpha value is -2.13. The molecule has 0 spiro atoms. The Morgan fingerprint density at radius 2 is 1.80 bits per heavy atom. The number of rotatable bonds is 8. The molecular weight excluding hydrogens is 471 g/mol. The Labute approximate surface area is 192 Å². The van der Waals surface area contributed by atoms with E-state index in [-0.39, 0.29) is 18.3 Å². The lowest BCUT2D eigenvalue weighted by molar-refractivity contribution is -0.113. The number of carbonyl (C=O) groups excluding carboxylic acids is 1. The van der Waals surface area contributed by atoms with Crippen LogP contribution < -0.4 is 14.8 Å². The van der Waals surface area contributed by atoms with Crippen molar-refractivity contribution in [1.82, 2.24) is 14.8 Å². The van der Waals surface area contributed by atoms with Gasteiger partial charge in [-0.25, -0.2) is 0 Å². The van der Waals surface area contributed by atoms with E-state index in [4.69, 9.17) is 44.3 Å². The van der Waals surface area contributed by atoms with Gasteiger partial charge in [0.25, 0.3) is 0 Å². The predicted octanol–water partition coefficient (Wildman–Crippen LogP) is 5.09. The third-order valence-corrected chi connectivity index (χ3v) is 6.02. The number of hydrogen-bond acceptors (Lipinski definition) is 6. The van der Waals surface area contributed by atoms with Crippen molar-refractivity contribution in [2.45, 2.75) is 11.8 Å². The molecule has 1 amide bonds. The van der Waals surface area contributed by atoms with E-state index in [0.717, 1.165) is 0 Å². The van der Waals surface area contributed by atoms with Gasteiger partial charge in [0.05, 0.1) is 33.6 Å². The van der Waals surface area contributed by atoms with Crippen molar-refractivity contribution in [2.75, 3.05) is 18.2 Å². The van der Waals surface area contributed by atoms with E-state index in [2.05, 4.69) is 15.5 Å². The molecule has 7 nitrogen and oxygen atoms in total. The van der Waals surface area contributed by atoms with Crippen LogP contribution in [0.4, 0.5) is 5.69 Å². The number of methoxy groups -OCH3 is 1. The molecule has 0 fully saturated rings. The van der Waals surface area contributed by atoms with Gasteiger partial charge in [-0.3, -0.25) is 4.79 Å². The van der Waals surface area contributed by atoms with Crippen LogP contribution in [0.3, 0.4) is 0 Å².